The Morgan fingerprint density at radius 2 is 1.90 bits per heavy atom. The number of anilines is 1. The molecule has 2 heterocycles. The van der Waals surface area contributed by atoms with Gasteiger partial charge in [0, 0.05) is 32.0 Å². The third-order valence-electron chi connectivity index (χ3n) is 3.12. The summed E-state index contributed by atoms with van der Waals surface area (Å²) in [5.41, 5.74) is 5.79. The predicted molar refractivity (Wildman–Crippen MR) is 70.0 cm³/mol. The van der Waals surface area contributed by atoms with Gasteiger partial charge in [-0.2, -0.15) is 13.2 Å². The summed E-state index contributed by atoms with van der Waals surface area (Å²) in [7, 11) is 0. The van der Waals surface area contributed by atoms with Crippen molar-refractivity contribution in [1.29, 1.82) is 0 Å². The molecule has 0 bridgehead atoms. The van der Waals surface area contributed by atoms with Gasteiger partial charge in [0.1, 0.15) is 0 Å². The van der Waals surface area contributed by atoms with E-state index in [1.807, 2.05) is 4.90 Å². The molecular weight excluding hydrogens is 297 g/mol. The Morgan fingerprint density at radius 1 is 1.25 bits per heavy atom. The van der Waals surface area contributed by atoms with Crippen LogP contribution < -0.4 is 10.6 Å². The molecule has 0 unspecified atom stereocenters. The topological polar surface area (TPSA) is 68.2 Å². The minimum absolute atomic E-state index is 0. The number of aryl methyl sites for hydroxylation is 1. The van der Waals surface area contributed by atoms with Gasteiger partial charge in [-0.3, -0.25) is 0 Å². The van der Waals surface area contributed by atoms with Gasteiger partial charge in [-0.1, -0.05) is 5.10 Å². The molecule has 20 heavy (non-hydrogen) atoms. The average Bonchev–Trinajstić information content (AvgIpc) is 2.77. The molecule has 1 fully saturated rings. The Labute approximate surface area is 121 Å². The maximum Gasteiger partial charge on any atom is 0.389 e. The number of rotatable bonds is 4. The SMILES string of the molecule is Cl.NC1CCN(c2nnc(CCCC(F)(F)F)o2)CC1. The summed E-state index contributed by atoms with van der Waals surface area (Å²) in [6.45, 7) is 1.48. The molecule has 0 atom stereocenters. The fourth-order valence-electron chi connectivity index (χ4n) is 2.00. The van der Waals surface area contributed by atoms with Crippen LogP contribution in [-0.2, 0) is 6.42 Å². The second kappa shape index (κ2) is 7.12. The van der Waals surface area contributed by atoms with E-state index in [2.05, 4.69) is 10.2 Å². The normalized spacial score (nSPS) is 17.1. The first-order valence-corrected chi connectivity index (χ1v) is 6.34. The van der Waals surface area contributed by atoms with Gasteiger partial charge in [0.15, 0.2) is 0 Å². The molecule has 1 aromatic heterocycles. The molecule has 0 saturated carbocycles. The standard InChI is InChI=1S/C11H17F3N4O.ClH/c12-11(13,14)5-1-2-9-16-17-10(19-9)18-6-3-8(15)4-7-18;/h8H,1-7,15H2;1H. The molecule has 0 aliphatic carbocycles. The molecule has 0 amide bonds. The van der Waals surface area contributed by atoms with Crippen molar-refractivity contribution in [3.05, 3.63) is 5.89 Å². The quantitative estimate of drug-likeness (QED) is 0.923. The van der Waals surface area contributed by atoms with E-state index < -0.39 is 12.6 Å². The van der Waals surface area contributed by atoms with E-state index in [0.717, 1.165) is 25.9 Å². The number of alkyl halides is 3. The summed E-state index contributed by atoms with van der Waals surface area (Å²) in [5.74, 6) is 0.258. The van der Waals surface area contributed by atoms with Crippen molar-refractivity contribution >= 4 is 18.4 Å². The van der Waals surface area contributed by atoms with Gasteiger partial charge in [-0.25, -0.2) is 0 Å². The molecule has 2 rings (SSSR count). The lowest BCUT2D eigenvalue weighted by Gasteiger charge is -2.28. The van der Waals surface area contributed by atoms with Gasteiger partial charge in [0.2, 0.25) is 5.89 Å². The van der Waals surface area contributed by atoms with Crippen LogP contribution in [0.5, 0.6) is 0 Å². The van der Waals surface area contributed by atoms with Crippen LogP contribution in [0.2, 0.25) is 0 Å². The van der Waals surface area contributed by atoms with E-state index in [0.29, 0.717) is 6.01 Å². The molecule has 2 N–H and O–H groups in total. The van der Waals surface area contributed by atoms with Gasteiger partial charge < -0.3 is 15.1 Å². The minimum Gasteiger partial charge on any atom is -0.408 e. The van der Waals surface area contributed by atoms with Crippen LogP contribution in [0.25, 0.3) is 0 Å². The zero-order valence-electron chi connectivity index (χ0n) is 10.9. The van der Waals surface area contributed by atoms with Crippen LogP contribution in [0.4, 0.5) is 19.2 Å². The molecule has 1 aliphatic heterocycles. The van der Waals surface area contributed by atoms with Crippen LogP contribution >= 0.6 is 12.4 Å². The first-order chi connectivity index (χ1) is 8.94. The van der Waals surface area contributed by atoms with Crippen LogP contribution in [0, 0.1) is 0 Å². The largest absolute Gasteiger partial charge is 0.408 e. The molecule has 5 nitrogen and oxygen atoms in total. The number of aromatic nitrogens is 2. The molecular formula is C11H18ClF3N4O. The van der Waals surface area contributed by atoms with Crippen LogP contribution in [-0.4, -0.2) is 35.5 Å². The van der Waals surface area contributed by atoms with E-state index >= 15 is 0 Å². The van der Waals surface area contributed by atoms with Crippen molar-refractivity contribution < 1.29 is 17.6 Å². The van der Waals surface area contributed by atoms with E-state index in [4.69, 9.17) is 10.2 Å². The van der Waals surface area contributed by atoms with Gasteiger partial charge >= 0.3 is 12.2 Å². The molecule has 9 heteroatoms. The molecule has 0 radical (unpaired) electrons. The van der Waals surface area contributed by atoms with Crippen molar-refractivity contribution in [2.75, 3.05) is 18.0 Å². The Kier molecular flexibility index (Phi) is 6.07. The van der Waals surface area contributed by atoms with Crippen molar-refractivity contribution in [1.82, 2.24) is 10.2 Å². The minimum atomic E-state index is -4.13. The third kappa shape index (κ3) is 5.16. The molecule has 116 valence electrons. The Hall–Kier alpha value is -1.02. The fourth-order valence-corrected chi connectivity index (χ4v) is 2.00. The molecule has 0 spiro atoms. The molecule has 1 aromatic rings. The Morgan fingerprint density at radius 3 is 2.50 bits per heavy atom. The third-order valence-corrected chi connectivity index (χ3v) is 3.12. The van der Waals surface area contributed by atoms with Gasteiger partial charge in [0.25, 0.3) is 0 Å². The van der Waals surface area contributed by atoms with E-state index in [-0.39, 0.29) is 37.2 Å². The van der Waals surface area contributed by atoms with Crippen molar-refractivity contribution in [2.45, 2.75) is 44.3 Å². The summed E-state index contributed by atoms with van der Waals surface area (Å²) < 4.78 is 41.4. The second-order valence-electron chi connectivity index (χ2n) is 4.77. The summed E-state index contributed by atoms with van der Waals surface area (Å²) in [4.78, 5) is 1.92. The second-order valence-corrected chi connectivity index (χ2v) is 4.77. The van der Waals surface area contributed by atoms with Gasteiger partial charge in [-0.15, -0.1) is 17.5 Å². The smallest absolute Gasteiger partial charge is 0.389 e. The number of nitrogens with two attached hydrogens (primary N) is 1. The summed E-state index contributed by atoms with van der Waals surface area (Å²) >= 11 is 0. The summed E-state index contributed by atoms with van der Waals surface area (Å²) in [5, 5.41) is 7.64. The summed E-state index contributed by atoms with van der Waals surface area (Å²) in [6.07, 6.45) is -3.14. The number of piperidine rings is 1. The highest BCUT2D eigenvalue weighted by Crippen LogP contribution is 2.23. The van der Waals surface area contributed by atoms with Gasteiger partial charge in [0.05, 0.1) is 0 Å². The summed E-state index contributed by atoms with van der Waals surface area (Å²) in [6, 6.07) is 0.583. The lowest BCUT2D eigenvalue weighted by atomic mass is 10.1. The van der Waals surface area contributed by atoms with Crippen molar-refractivity contribution in [3.8, 4) is 0 Å². The number of hydrogen-bond donors (Lipinski definition) is 1. The zero-order valence-corrected chi connectivity index (χ0v) is 11.7. The maximum absolute atomic E-state index is 12.0. The Bertz CT molecular complexity index is 405. The number of nitrogens with zero attached hydrogens (tertiary/aromatic N) is 3. The first-order valence-electron chi connectivity index (χ1n) is 6.34. The van der Waals surface area contributed by atoms with E-state index in [9.17, 15) is 13.2 Å². The van der Waals surface area contributed by atoms with Crippen molar-refractivity contribution in [3.63, 3.8) is 0 Å². The Balaban J connectivity index is 0.00000200. The van der Waals surface area contributed by atoms with Crippen LogP contribution in [0.3, 0.4) is 0 Å². The predicted octanol–water partition coefficient (Wildman–Crippen LogP) is 2.30. The van der Waals surface area contributed by atoms with Crippen LogP contribution in [0.15, 0.2) is 4.42 Å². The maximum atomic E-state index is 12.0. The van der Waals surface area contributed by atoms with Gasteiger partial charge in [-0.05, 0) is 19.3 Å². The zero-order chi connectivity index (χ0) is 13.9. The lowest BCUT2D eigenvalue weighted by molar-refractivity contribution is -0.135. The monoisotopic (exact) mass is 314 g/mol. The van der Waals surface area contributed by atoms with E-state index in [1.165, 1.54) is 0 Å². The average molecular weight is 315 g/mol. The lowest BCUT2D eigenvalue weighted by Crippen LogP contribution is -2.39. The highest BCUT2D eigenvalue weighted by atomic mass is 35.5. The van der Waals surface area contributed by atoms with Crippen molar-refractivity contribution in [2.24, 2.45) is 5.73 Å². The van der Waals surface area contributed by atoms with Crippen LogP contribution in [0.1, 0.15) is 31.6 Å². The molecule has 1 aliphatic rings. The van der Waals surface area contributed by atoms with E-state index in [1.54, 1.807) is 0 Å². The highest BCUT2D eigenvalue weighted by Gasteiger charge is 2.27. The molecule has 0 aromatic carbocycles. The fraction of sp³-hybridized carbons (Fsp3) is 0.818. The number of hydrogen-bond acceptors (Lipinski definition) is 5. The first kappa shape index (κ1) is 17.0. The molecule has 1 saturated heterocycles. The highest BCUT2D eigenvalue weighted by molar-refractivity contribution is 5.85. The number of halogens is 4.